The Morgan fingerprint density at radius 3 is 2.52 bits per heavy atom. The molecule has 3 rings (SSSR count). The molecular weight excluding hydrogens is 433 g/mol. The van der Waals surface area contributed by atoms with Crippen molar-refractivity contribution >= 4 is 40.9 Å². The van der Waals surface area contributed by atoms with Crippen LogP contribution in [0.5, 0.6) is 5.75 Å². The molecular formula is C24H21Cl2N3O2. The van der Waals surface area contributed by atoms with Crippen molar-refractivity contribution in [1.82, 2.24) is 4.57 Å². The smallest absolute Gasteiger partial charge is 0.266 e. The molecule has 0 saturated heterocycles. The maximum atomic E-state index is 12.7. The highest BCUT2D eigenvalue weighted by Crippen LogP contribution is 2.30. The molecule has 1 heterocycles. The van der Waals surface area contributed by atoms with Gasteiger partial charge in [0.2, 0.25) is 0 Å². The molecule has 0 radical (unpaired) electrons. The number of rotatable bonds is 6. The zero-order chi connectivity index (χ0) is 22.5. The zero-order valence-electron chi connectivity index (χ0n) is 17.4. The first-order chi connectivity index (χ1) is 14.8. The number of nitrogens with one attached hydrogen (secondary N) is 1. The maximum absolute atomic E-state index is 12.7. The van der Waals surface area contributed by atoms with Gasteiger partial charge in [0.25, 0.3) is 5.91 Å². The first kappa shape index (κ1) is 22.5. The van der Waals surface area contributed by atoms with Gasteiger partial charge in [-0.25, -0.2) is 0 Å². The summed E-state index contributed by atoms with van der Waals surface area (Å²) in [7, 11) is 0. The number of carbonyl (C=O) groups is 1. The second kappa shape index (κ2) is 9.74. The number of hydrogen-bond donors (Lipinski definition) is 1. The summed E-state index contributed by atoms with van der Waals surface area (Å²) in [5, 5.41) is 13.4. The van der Waals surface area contributed by atoms with Crippen molar-refractivity contribution in [3.05, 3.63) is 81.1 Å². The van der Waals surface area contributed by atoms with Crippen molar-refractivity contribution in [2.45, 2.75) is 20.8 Å². The Morgan fingerprint density at radius 2 is 1.87 bits per heavy atom. The Labute approximate surface area is 191 Å². The number of carbonyl (C=O) groups excluding carboxylic acids is 1. The summed E-state index contributed by atoms with van der Waals surface area (Å²) >= 11 is 12.5. The normalized spacial score (nSPS) is 11.2. The predicted octanol–water partition coefficient (Wildman–Crippen LogP) is 6.35. The monoisotopic (exact) mass is 453 g/mol. The minimum atomic E-state index is -0.489. The van der Waals surface area contributed by atoms with Gasteiger partial charge in [-0.3, -0.25) is 4.79 Å². The van der Waals surface area contributed by atoms with E-state index in [4.69, 9.17) is 27.9 Å². The Balaban J connectivity index is 1.90. The lowest BCUT2D eigenvalue weighted by Crippen LogP contribution is -2.13. The summed E-state index contributed by atoms with van der Waals surface area (Å²) in [6.45, 7) is 6.28. The fourth-order valence-corrected chi connectivity index (χ4v) is 3.63. The van der Waals surface area contributed by atoms with E-state index >= 15 is 0 Å². The van der Waals surface area contributed by atoms with Crippen molar-refractivity contribution in [3.8, 4) is 17.5 Å². The fourth-order valence-electron chi connectivity index (χ4n) is 3.27. The lowest BCUT2D eigenvalue weighted by Gasteiger charge is -2.12. The van der Waals surface area contributed by atoms with Crippen LogP contribution in [-0.4, -0.2) is 17.1 Å². The number of aromatic nitrogens is 1. The number of nitrogens with zero attached hydrogens (tertiary/aromatic N) is 2. The van der Waals surface area contributed by atoms with Crippen molar-refractivity contribution in [1.29, 1.82) is 5.26 Å². The second-order valence-electron chi connectivity index (χ2n) is 6.84. The summed E-state index contributed by atoms with van der Waals surface area (Å²) in [6.07, 6.45) is 1.57. The third kappa shape index (κ3) is 5.11. The van der Waals surface area contributed by atoms with E-state index in [-0.39, 0.29) is 5.57 Å². The van der Waals surface area contributed by atoms with E-state index in [1.807, 2.05) is 37.5 Å². The molecule has 0 unspecified atom stereocenters. The zero-order valence-corrected chi connectivity index (χ0v) is 18.9. The standard InChI is InChI=1S/C24H21Cl2N3O2/c1-4-31-21-8-6-20(7-9-21)28-24(30)18(14-27)12-17-11-15(2)29(16(17)3)23-13-19(25)5-10-22(23)26/h5-13H,4H2,1-3H3,(H,28,30)/b18-12-. The minimum Gasteiger partial charge on any atom is -0.494 e. The molecule has 5 nitrogen and oxygen atoms in total. The molecule has 0 atom stereocenters. The van der Waals surface area contributed by atoms with Crippen LogP contribution in [0.15, 0.2) is 54.1 Å². The van der Waals surface area contributed by atoms with Crippen LogP contribution in [0.4, 0.5) is 5.69 Å². The predicted molar refractivity (Wildman–Crippen MR) is 125 cm³/mol. The van der Waals surface area contributed by atoms with Crippen molar-refractivity contribution < 1.29 is 9.53 Å². The van der Waals surface area contributed by atoms with Gasteiger partial charge in [-0.05, 0) is 80.9 Å². The number of nitriles is 1. The molecule has 0 aliphatic heterocycles. The first-order valence-corrected chi connectivity index (χ1v) is 10.4. The number of hydrogen-bond acceptors (Lipinski definition) is 3. The Bertz CT molecular complexity index is 1190. The average Bonchev–Trinajstić information content (AvgIpc) is 3.02. The fraction of sp³-hybridized carbons (Fsp3) is 0.167. The van der Waals surface area contributed by atoms with Crippen LogP contribution in [0.2, 0.25) is 10.0 Å². The van der Waals surface area contributed by atoms with E-state index in [1.54, 1.807) is 48.5 Å². The van der Waals surface area contributed by atoms with Gasteiger partial charge in [-0.15, -0.1) is 0 Å². The number of amides is 1. The van der Waals surface area contributed by atoms with Gasteiger partial charge in [-0.1, -0.05) is 23.2 Å². The van der Waals surface area contributed by atoms with E-state index in [0.717, 1.165) is 22.6 Å². The minimum absolute atomic E-state index is 0.00803. The van der Waals surface area contributed by atoms with E-state index < -0.39 is 5.91 Å². The topological polar surface area (TPSA) is 67.0 Å². The lowest BCUT2D eigenvalue weighted by atomic mass is 10.1. The molecule has 7 heteroatoms. The van der Waals surface area contributed by atoms with Crippen LogP contribution < -0.4 is 10.1 Å². The highest BCUT2D eigenvalue weighted by Gasteiger charge is 2.15. The number of halogens is 2. The molecule has 0 fully saturated rings. The first-order valence-electron chi connectivity index (χ1n) is 9.64. The van der Waals surface area contributed by atoms with Gasteiger partial charge >= 0.3 is 0 Å². The molecule has 0 spiro atoms. The second-order valence-corrected chi connectivity index (χ2v) is 7.68. The van der Waals surface area contributed by atoms with E-state index in [0.29, 0.717) is 28.1 Å². The summed E-state index contributed by atoms with van der Waals surface area (Å²) in [5.74, 6) is 0.223. The van der Waals surface area contributed by atoms with E-state index in [2.05, 4.69) is 5.32 Å². The molecule has 158 valence electrons. The molecule has 31 heavy (non-hydrogen) atoms. The number of anilines is 1. The van der Waals surface area contributed by atoms with E-state index in [9.17, 15) is 10.1 Å². The van der Waals surface area contributed by atoms with Crippen LogP contribution in [0.3, 0.4) is 0 Å². The highest BCUT2D eigenvalue weighted by atomic mass is 35.5. The molecule has 0 saturated carbocycles. The van der Waals surface area contributed by atoms with Gasteiger partial charge < -0.3 is 14.6 Å². The van der Waals surface area contributed by atoms with Crippen molar-refractivity contribution in [2.75, 3.05) is 11.9 Å². The summed E-state index contributed by atoms with van der Waals surface area (Å²) in [5.41, 5.74) is 3.78. The van der Waals surface area contributed by atoms with Crippen molar-refractivity contribution in [2.24, 2.45) is 0 Å². The molecule has 3 aromatic rings. The molecule has 0 aliphatic carbocycles. The highest BCUT2D eigenvalue weighted by molar-refractivity contribution is 6.34. The van der Waals surface area contributed by atoms with E-state index in [1.165, 1.54) is 0 Å². The van der Waals surface area contributed by atoms with Gasteiger partial charge in [-0.2, -0.15) is 5.26 Å². The Kier molecular flexibility index (Phi) is 7.06. The van der Waals surface area contributed by atoms with Gasteiger partial charge in [0.05, 0.1) is 17.3 Å². The average molecular weight is 454 g/mol. The SMILES string of the molecule is CCOc1ccc(NC(=O)/C(C#N)=C\c2cc(C)n(-c3cc(Cl)ccc3Cl)c2C)cc1. The molecule has 2 aromatic carbocycles. The third-order valence-electron chi connectivity index (χ3n) is 4.71. The summed E-state index contributed by atoms with van der Waals surface area (Å²) in [4.78, 5) is 12.7. The molecule has 0 bridgehead atoms. The number of aryl methyl sites for hydroxylation is 1. The van der Waals surface area contributed by atoms with Crippen LogP contribution in [-0.2, 0) is 4.79 Å². The Morgan fingerprint density at radius 1 is 1.16 bits per heavy atom. The number of ether oxygens (including phenoxy) is 1. The maximum Gasteiger partial charge on any atom is 0.266 e. The third-order valence-corrected chi connectivity index (χ3v) is 5.26. The molecule has 1 amide bonds. The van der Waals surface area contributed by atoms with Crippen molar-refractivity contribution in [3.63, 3.8) is 0 Å². The molecule has 0 aliphatic rings. The van der Waals surface area contributed by atoms with Crippen LogP contribution in [0, 0.1) is 25.2 Å². The van der Waals surface area contributed by atoms with Crippen LogP contribution in [0.1, 0.15) is 23.9 Å². The summed E-state index contributed by atoms with van der Waals surface area (Å²) < 4.78 is 7.34. The molecule has 1 aromatic heterocycles. The van der Waals surface area contributed by atoms with Crippen LogP contribution in [0.25, 0.3) is 11.8 Å². The lowest BCUT2D eigenvalue weighted by molar-refractivity contribution is -0.112. The van der Waals surface area contributed by atoms with Gasteiger partial charge in [0, 0.05) is 22.1 Å². The van der Waals surface area contributed by atoms with Gasteiger partial charge in [0.15, 0.2) is 0 Å². The molecule has 1 N–H and O–H groups in total. The van der Waals surface area contributed by atoms with Gasteiger partial charge in [0.1, 0.15) is 17.4 Å². The Hall–Kier alpha value is -3.20. The quantitative estimate of drug-likeness (QED) is 0.349. The van der Waals surface area contributed by atoms with Crippen LogP contribution >= 0.6 is 23.2 Å². The summed E-state index contributed by atoms with van der Waals surface area (Å²) in [6, 6.07) is 16.1. The number of benzene rings is 2. The largest absolute Gasteiger partial charge is 0.494 e.